The second kappa shape index (κ2) is 9.16. The summed E-state index contributed by atoms with van der Waals surface area (Å²) in [6.45, 7) is 7.86. The number of rotatable bonds is 5. The minimum absolute atomic E-state index is 0.0180. The fraction of sp³-hybridized carbons (Fsp3) is 0.692. The van der Waals surface area contributed by atoms with Crippen LogP contribution in [-0.2, 0) is 11.3 Å². The second-order valence-electron chi connectivity index (χ2n) is 10.5. The molecule has 0 unspecified atom stereocenters. The van der Waals surface area contributed by atoms with Crippen molar-refractivity contribution in [2.75, 3.05) is 26.2 Å². The van der Waals surface area contributed by atoms with E-state index >= 15 is 0 Å². The lowest BCUT2D eigenvalue weighted by atomic mass is 9.92. The lowest BCUT2D eigenvalue weighted by molar-refractivity contribution is -0.133. The molecule has 2 aliphatic heterocycles. The number of likely N-dealkylation sites (tertiary alicyclic amines) is 1. The highest BCUT2D eigenvalue weighted by Gasteiger charge is 2.48. The summed E-state index contributed by atoms with van der Waals surface area (Å²) in [5, 5.41) is 3.37. The Hall–Kier alpha value is -2.28. The molecule has 2 aromatic rings. The molecule has 5 rings (SSSR count). The van der Waals surface area contributed by atoms with Crippen molar-refractivity contribution in [2.45, 2.75) is 89.8 Å². The van der Waals surface area contributed by atoms with Crippen molar-refractivity contribution >= 4 is 22.9 Å². The molecule has 180 valence electrons. The zero-order chi connectivity index (χ0) is 23.0. The minimum atomic E-state index is -0.927. The van der Waals surface area contributed by atoms with E-state index in [1.54, 1.807) is 0 Å². The molecule has 2 amide bonds. The molecule has 2 aromatic heterocycles. The predicted molar refractivity (Wildman–Crippen MR) is 128 cm³/mol. The highest BCUT2D eigenvalue weighted by molar-refractivity contribution is 6.03. The van der Waals surface area contributed by atoms with Gasteiger partial charge in [0.2, 0.25) is 5.91 Å². The van der Waals surface area contributed by atoms with E-state index in [9.17, 15) is 9.59 Å². The van der Waals surface area contributed by atoms with Crippen LogP contribution in [-0.4, -0.2) is 63.9 Å². The van der Waals surface area contributed by atoms with Gasteiger partial charge in [-0.25, -0.2) is 0 Å². The molecule has 4 heterocycles. The smallest absolute Gasteiger partial charge is 0.271 e. The number of carbonyl (C=O) groups excluding carboxylic acids is 2. The number of aryl methyl sites for hydroxylation is 1. The highest BCUT2D eigenvalue weighted by atomic mass is 16.3. The molecule has 0 radical (unpaired) electrons. The standard InChI is InChI=1S/C26H38N4O3/c1-19-16-21-23(33-19)17-22-24(31)30(15-14-28-12-8-9-13-28)26(2,18-29(21)22)25(32)27-20-10-6-4-3-5-7-11-20/h16-17,20H,3-15,18H2,1-2H3,(H,27,32)/t26-/m0/s1. The molecule has 0 spiro atoms. The lowest BCUT2D eigenvalue weighted by Crippen LogP contribution is -2.65. The van der Waals surface area contributed by atoms with Gasteiger partial charge in [-0.2, -0.15) is 0 Å². The van der Waals surface area contributed by atoms with Gasteiger partial charge in [0.25, 0.3) is 5.91 Å². The maximum absolute atomic E-state index is 13.9. The Morgan fingerprint density at radius 1 is 1.06 bits per heavy atom. The van der Waals surface area contributed by atoms with Gasteiger partial charge in [-0.05, 0) is 52.6 Å². The van der Waals surface area contributed by atoms with Gasteiger partial charge in [-0.3, -0.25) is 9.59 Å². The minimum Gasteiger partial charge on any atom is -0.460 e. The molecule has 1 aliphatic carbocycles. The van der Waals surface area contributed by atoms with Crippen LogP contribution in [0.5, 0.6) is 0 Å². The summed E-state index contributed by atoms with van der Waals surface area (Å²) in [6.07, 6.45) is 10.6. The summed E-state index contributed by atoms with van der Waals surface area (Å²) in [7, 11) is 0. The van der Waals surface area contributed by atoms with Gasteiger partial charge in [0, 0.05) is 31.3 Å². The zero-order valence-corrected chi connectivity index (χ0v) is 20.2. The van der Waals surface area contributed by atoms with Crippen molar-refractivity contribution in [1.82, 2.24) is 19.7 Å². The highest BCUT2D eigenvalue weighted by Crippen LogP contribution is 2.34. The lowest BCUT2D eigenvalue weighted by Gasteiger charge is -2.45. The molecule has 1 saturated heterocycles. The van der Waals surface area contributed by atoms with Crippen molar-refractivity contribution in [2.24, 2.45) is 0 Å². The number of nitrogens with one attached hydrogen (secondary N) is 1. The quantitative estimate of drug-likeness (QED) is 0.739. The molecule has 2 fully saturated rings. The van der Waals surface area contributed by atoms with E-state index in [1.165, 1.54) is 32.1 Å². The summed E-state index contributed by atoms with van der Waals surface area (Å²) in [5.74, 6) is 0.732. The number of amides is 2. The Morgan fingerprint density at radius 3 is 2.48 bits per heavy atom. The van der Waals surface area contributed by atoms with E-state index in [-0.39, 0.29) is 17.9 Å². The zero-order valence-electron chi connectivity index (χ0n) is 20.2. The molecule has 1 saturated carbocycles. The van der Waals surface area contributed by atoms with Crippen LogP contribution in [0, 0.1) is 6.92 Å². The average Bonchev–Trinajstić information content (AvgIpc) is 3.47. The van der Waals surface area contributed by atoms with E-state index in [1.807, 2.05) is 35.4 Å². The van der Waals surface area contributed by atoms with Crippen molar-refractivity contribution in [1.29, 1.82) is 0 Å². The molecule has 7 heteroatoms. The van der Waals surface area contributed by atoms with E-state index in [0.29, 0.717) is 18.8 Å². The van der Waals surface area contributed by atoms with Gasteiger partial charge in [0.1, 0.15) is 17.0 Å². The molecule has 1 atom stereocenters. The third kappa shape index (κ3) is 4.32. The van der Waals surface area contributed by atoms with Crippen LogP contribution in [0.15, 0.2) is 16.5 Å². The van der Waals surface area contributed by atoms with Gasteiger partial charge in [0.15, 0.2) is 5.58 Å². The first kappa shape index (κ1) is 22.5. The molecule has 0 bridgehead atoms. The monoisotopic (exact) mass is 454 g/mol. The number of aromatic nitrogens is 1. The maximum Gasteiger partial charge on any atom is 0.271 e. The number of hydrogen-bond donors (Lipinski definition) is 1. The van der Waals surface area contributed by atoms with E-state index < -0.39 is 5.54 Å². The third-order valence-electron chi connectivity index (χ3n) is 8.01. The molecule has 0 aromatic carbocycles. The number of furan rings is 1. The molecule has 1 N–H and O–H groups in total. The first-order valence-electron chi connectivity index (χ1n) is 12.9. The van der Waals surface area contributed by atoms with Gasteiger partial charge < -0.3 is 24.1 Å². The number of nitrogens with zero attached hydrogens (tertiary/aromatic N) is 3. The number of fused-ring (bicyclic) bond motifs is 3. The van der Waals surface area contributed by atoms with Crippen molar-refractivity contribution in [3.05, 3.63) is 23.6 Å². The van der Waals surface area contributed by atoms with Gasteiger partial charge >= 0.3 is 0 Å². The Labute approximate surface area is 196 Å². The maximum atomic E-state index is 13.9. The second-order valence-corrected chi connectivity index (χ2v) is 10.5. The van der Waals surface area contributed by atoms with Crippen LogP contribution in [0.4, 0.5) is 0 Å². The Morgan fingerprint density at radius 2 is 1.76 bits per heavy atom. The topological polar surface area (TPSA) is 70.7 Å². The fourth-order valence-electron chi connectivity index (χ4n) is 6.00. The van der Waals surface area contributed by atoms with Crippen molar-refractivity contribution in [3.8, 4) is 0 Å². The summed E-state index contributed by atoms with van der Waals surface area (Å²) in [5.41, 5.74) is 1.32. The first-order chi connectivity index (χ1) is 16.0. The summed E-state index contributed by atoms with van der Waals surface area (Å²) in [4.78, 5) is 31.9. The average molecular weight is 455 g/mol. The first-order valence-corrected chi connectivity index (χ1v) is 12.9. The van der Waals surface area contributed by atoms with Gasteiger partial charge in [0.05, 0.1) is 12.1 Å². The Kier molecular flexibility index (Phi) is 6.25. The summed E-state index contributed by atoms with van der Waals surface area (Å²) in [6, 6.07) is 4.02. The van der Waals surface area contributed by atoms with E-state index in [0.717, 1.165) is 62.2 Å². The predicted octanol–water partition coefficient (Wildman–Crippen LogP) is 4.08. The van der Waals surface area contributed by atoms with Crippen molar-refractivity contribution < 1.29 is 14.0 Å². The molecule has 33 heavy (non-hydrogen) atoms. The van der Waals surface area contributed by atoms with Crippen LogP contribution >= 0.6 is 0 Å². The third-order valence-corrected chi connectivity index (χ3v) is 8.01. The van der Waals surface area contributed by atoms with Gasteiger partial charge in [-0.1, -0.05) is 32.1 Å². The summed E-state index contributed by atoms with van der Waals surface area (Å²) >= 11 is 0. The molecule has 3 aliphatic rings. The normalized spacial score (nSPS) is 25.3. The van der Waals surface area contributed by atoms with Crippen LogP contribution in [0.3, 0.4) is 0 Å². The molecular weight excluding hydrogens is 416 g/mol. The number of hydrogen-bond acceptors (Lipinski definition) is 4. The van der Waals surface area contributed by atoms with Gasteiger partial charge in [-0.15, -0.1) is 0 Å². The molecule has 7 nitrogen and oxygen atoms in total. The SMILES string of the molecule is Cc1cc2c(cc3n2C[C@@](C)(C(=O)NC2CCCCCCC2)N(CCN2CCCC2)C3=O)o1. The fourth-order valence-corrected chi connectivity index (χ4v) is 6.00. The Bertz CT molecular complexity index is 1010. The van der Waals surface area contributed by atoms with Crippen LogP contribution in [0.1, 0.15) is 81.0 Å². The van der Waals surface area contributed by atoms with E-state index in [4.69, 9.17) is 4.42 Å². The largest absolute Gasteiger partial charge is 0.460 e. The summed E-state index contributed by atoms with van der Waals surface area (Å²) < 4.78 is 7.82. The van der Waals surface area contributed by atoms with Crippen LogP contribution in [0.2, 0.25) is 0 Å². The van der Waals surface area contributed by atoms with Crippen molar-refractivity contribution in [3.63, 3.8) is 0 Å². The van der Waals surface area contributed by atoms with E-state index in [2.05, 4.69) is 10.2 Å². The molecular formula is C26H38N4O3. The number of carbonyl (C=O) groups is 2. The van der Waals surface area contributed by atoms with Crippen LogP contribution < -0.4 is 5.32 Å². The Balaban J connectivity index is 1.43. The van der Waals surface area contributed by atoms with Crippen LogP contribution in [0.25, 0.3) is 11.1 Å².